The maximum Gasteiger partial charge on any atom is 0.460 e. The molecule has 174 valence electrons. The third kappa shape index (κ3) is 4.18. The fraction of sp³-hybridized carbons (Fsp3) is 0.917. The summed E-state index contributed by atoms with van der Waals surface area (Å²) in [5.74, 6) is -48.8. The predicted molar refractivity (Wildman–Crippen MR) is 61.6 cm³/mol. The zero-order valence-electron chi connectivity index (χ0n) is 13.6. The van der Waals surface area contributed by atoms with Crippen molar-refractivity contribution in [1.82, 2.24) is 0 Å². The summed E-state index contributed by atoms with van der Waals surface area (Å²) in [6, 6.07) is 0. The Labute approximate surface area is 151 Å². The summed E-state index contributed by atoms with van der Waals surface area (Å²) < 4.78 is 196. The summed E-state index contributed by atoms with van der Waals surface area (Å²) in [6.07, 6.45) is -8.57. The van der Waals surface area contributed by atoms with E-state index in [2.05, 4.69) is 4.74 Å². The Balaban J connectivity index is 6.19. The quantitative estimate of drug-likeness (QED) is 0.319. The minimum absolute atomic E-state index is 0.159. The molecule has 0 atom stereocenters. The molecule has 0 aliphatic rings. The molecule has 0 spiro atoms. The van der Waals surface area contributed by atoms with Crippen LogP contribution in [-0.2, 0) is 9.53 Å². The van der Waals surface area contributed by atoms with Gasteiger partial charge in [-0.3, -0.25) is 4.79 Å². The molecule has 0 saturated carbocycles. The molecule has 0 aliphatic heterocycles. The molecule has 0 aliphatic carbocycles. The second-order valence-corrected chi connectivity index (χ2v) is 5.48. The van der Waals surface area contributed by atoms with Crippen molar-refractivity contribution in [2.24, 2.45) is 0 Å². The van der Waals surface area contributed by atoms with Crippen LogP contribution in [0.1, 0.15) is 19.8 Å². The summed E-state index contributed by atoms with van der Waals surface area (Å²) in [5, 5.41) is 0. The number of rotatable bonds is 9. The number of alkyl halides is 15. The van der Waals surface area contributed by atoms with E-state index in [0.29, 0.717) is 0 Å². The monoisotopic (exact) mass is 470 g/mol. The summed E-state index contributed by atoms with van der Waals surface area (Å²) in [5.41, 5.74) is 0. The molecule has 0 aromatic heterocycles. The number of ether oxygens (including phenoxy) is 1. The van der Waals surface area contributed by atoms with Crippen molar-refractivity contribution in [3.05, 3.63) is 0 Å². The lowest BCUT2D eigenvalue weighted by molar-refractivity contribution is -0.453. The minimum atomic E-state index is -8.35. The van der Waals surface area contributed by atoms with Gasteiger partial charge in [-0.25, -0.2) is 0 Å². The Morgan fingerprint density at radius 3 is 1.31 bits per heavy atom. The summed E-state index contributed by atoms with van der Waals surface area (Å²) in [7, 11) is 0. The molecule has 0 fully saturated rings. The Hall–Kier alpha value is -1.58. The zero-order chi connectivity index (χ0) is 23.9. The molecule has 0 amide bonds. The highest BCUT2D eigenvalue weighted by Gasteiger charge is 2.93. The fourth-order valence-corrected chi connectivity index (χ4v) is 1.54. The number of halogens is 15. The first-order chi connectivity index (χ1) is 12.5. The molecule has 0 radical (unpaired) electrons. The van der Waals surface area contributed by atoms with Crippen molar-refractivity contribution in [1.29, 1.82) is 0 Å². The van der Waals surface area contributed by atoms with Crippen LogP contribution in [0.5, 0.6) is 0 Å². The van der Waals surface area contributed by atoms with E-state index in [0.717, 1.165) is 0 Å². The highest BCUT2D eigenvalue weighted by atomic mass is 19.4. The third-order valence-electron chi connectivity index (χ3n) is 3.26. The fourth-order valence-electron chi connectivity index (χ4n) is 1.54. The van der Waals surface area contributed by atoms with Crippen molar-refractivity contribution < 1.29 is 75.4 Å². The smallest absolute Gasteiger partial charge is 0.459 e. The van der Waals surface area contributed by atoms with E-state index in [1.165, 1.54) is 6.92 Å². The predicted octanol–water partition coefficient (Wildman–Crippen LogP) is 5.70. The molecular formula is C12H9F15O2. The van der Waals surface area contributed by atoms with Crippen molar-refractivity contribution in [2.45, 2.75) is 61.5 Å². The van der Waals surface area contributed by atoms with Crippen LogP contribution in [-0.4, -0.2) is 54.3 Å². The molecule has 0 saturated heterocycles. The lowest BCUT2D eigenvalue weighted by Gasteiger charge is -2.41. The second-order valence-electron chi connectivity index (χ2n) is 5.48. The van der Waals surface area contributed by atoms with Crippen LogP contribution in [0.3, 0.4) is 0 Å². The van der Waals surface area contributed by atoms with Crippen LogP contribution in [0, 0.1) is 0 Å². The first-order valence-electron chi connectivity index (χ1n) is 6.95. The van der Waals surface area contributed by atoms with Gasteiger partial charge in [0.05, 0.1) is 0 Å². The van der Waals surface area contributed by atoms with Crippen LogP contribution in [0.15, 0.2) is 0 Å². The molecule has 0 rings (SSSR count). The maximum absolute atomic E-state index is 13.3. The van der Waals surface area contributed by atoms with Gasteiger partial charge in [-0.1, -0.05) is 6.92 Å². The van der Waals surface area contributed by atoms with Gasteiger partial charge in [-0.05, 0) is 6.42 Å². The molecule has 0 heterocycles. The van der Waals surface area contributed by atoms with E-state index >= 15 is 0 Å². The Kier molecular flexibility index (Phi) is 7.18. The zero-order valence-corrected chi connectivity index (χ0v) is 13.6. The van der Waals surface area contributed by atoms with E-state index in [-0.39, 0.29) is 6.42 Å². The summed E-state index contributed by atoms with van der Waals surface area (Å²) in [4.78, 5) is 10.8. The summed E-state index contributed by atoms with van der Waals surface area (Å²) in [6.45, 7) is -1.88. The van der Waals surface area contributed by atoms with Crippen LogP contribution < -0.4 is 0 Å². The van der Waals surface area contributed by atoms with E-state index in [9.17, 15) is 70.7 Å². The molecule has 17 heteroatoms. The molecule has 0 aromatic carbocycles. The highest BCUT2D eigenvalue weighted by Crippen LogP contribution is 2.62. The number of hydrogen-bond donors (Lipinski definition) is 0. The largest absolute Gasteiger partial charge is 0.460 e. The molecule has 0 aromatic rings. The molecule has 2 nitrogen and oxygen atoms in total. The summed E-state index contributed by atoms with van der Waals surface area (Å²) >= 11 is 0. The van der Waals surface area contributed by atoms with E-state index in [4.69, 9.17) is 0 Å². The Morgan fingerprint density at radius 2 is 0.966 bits per heavy atom. The van der Waals surface area contributed by atoms with Crippen LogP contribution in [0.4, 0.5) is 65.9 Å². The highest BCUT2D eigenvalue weighted by molar-refractivity contribution is 5.69. The van der Waals surface area contributed by atoms with Gasteiger partial charge in [0.15, 0.2) is 6.61 Å². The van der Waals surface area contributed by atoms with Gasteiger partial charge >= 0.3 is 47.7 Å². The van der Waals surface area contributed by atoms with Crippen LogP contribution in [0.2, 0.25) is 0 Å². The van der Waals surface area contributed by atoms with E-state index in [1.54, 1.807) is 0 Å². The molecule has 0 unspecified atom stereocenters. The normalized spacial score (nSPS) is 15.4. The number of esters is 1. The first kappa shape index (κ1) is 27.4. The number of carbonyl (C=O) groups is 1. The van der Waals surface area contributed by atoms with Gasteiger partial charge < -0.3 is 4.74 Å². The van der Waals surface area contributed by atoms with Crippen LogP contribution in [0.25, 0.3) is 0 Å². The van der Waals surface area contributed by atoms with Crippen LogP contribution >= 0.6 is 0 Å². The topological polar surface area (TPSA) is 26.3 Å². The number of hydrogen-bond acceptors (Lipinski definition) is 2. The second kappa shape index (κ2) is 7.59. The average molecular weight is 470 g/mol. The van der Waals surface area contributed by atoms with Crippen molar-refractivity contribution in [2.75, 3.05) is 6.61 Å². The van der Waals surface area contributed by atoms with Gasteiger partial charge in [0, 0.05) is 6.42 Å². The minimum Gasteiger partial charge on any atom is -0.459 e. The Bertz CT molecular complexity index is 593. The van der Waals surface area contributed by atoms with Gasteiger partial charge in [-0.2, -0.15) is 65.9 Å². The molecule has 0 bridgehead atoms. The standard InChI is InChI=1S/C12H9F15O2/c1-2-3-5(28)29-4-6(13,14)7(15,16)8(17,18)9(19,20)10(21,22)11(23,24)12(25,26)27/h2-4H2,1H3. The van der Waals surface area contributed by atoms with Crippen molar-refractivity contribution in [3.63, 3.8) is 0 Å². The van der Waals surface area contributed by atoms with Gasteiger partial charge in [0.25, 0.3) is 0 Å². The molecule has 29 heavy (non-hydrogen) atoms. The van der Waals surface area contributed by atoms with Crippen molar-refractivity contribution in [3.8, 4) is 0 Å². The molecule has 0 N–H and O–H groups in total. The Morgan fingerprint density at radius 1 is 0.621 bits per heavy atom. The average Bonchev–Trinajstić information content (AvgIpc) is 2.51. The maximum atomic E-state index is 13.3. The lowest BCUT2D eigenvalue weighted by atomic mass is 9.91. The van der Waals surface area contributed by atoms with Crippen molar-refractivity contribution >= 4 is 5.97 Å². The third-order valence-corrected chi connectivity index (χ3v) is 3.26. The van der Waals surface area contributed by atoms with Gasteiger partial charge in [-0.15, -0.1) is 0 Å². The van der Waals surface area contributed by atoms with E-state index < -0.39 is 60.7 Å². The van der Waals surface area contributed by atoms with E-state index in [1.807, 2.05) is 0 Å². The molecular weight excluding hydrogens is 461 g/mol. The lowest BCUT2D eigenvalue weighted by Crippen LogP contribution is -2.73. The SMILES string of the molecule is CCCC(=O)OCC(F)(F)C(F)(F)C(F)(F)C(F)(F)C(F)(F)C(F)(F)C(F)(F)F. The van der Waals surface area contributed by atoms with Gasteiger partial charge in [0.2, 0.25) is 0 Å². The van der Waals surface area contributed by atoms with Gasteiger partial charge in [0.1, 0.15) is 0 Å². The first-order valence-corrected chi connectivity index (χ1v) is 6.95. The number of carbonyl (C=O) groups excluding carboxylic acids is 1.